The zero-order valence-electron chi connectivity index (χ0n) is 12.4. The number of nitrogens with one attached hydrogen (secondary N) is 1. The molecule has 1 aromatic carbocycles. The minimum Gasteiger partial charge on any atom is -0.361 e. The third-order valence-electron chi connectivity index (χ3n) is 3.53. The summed E-state index contributed by atoms with van der Waals surface area (Å²) in [5.74, 6) is 0.810. The summed E-state index contributed by atoms with van der Waals surface area (Å²) >= 11 is 0. The van der Waals surface area contributed by atoms with Crippen molar-refractivity contribution >= 4 is 11.6 Å². The SMILES string of the molecule is Cc1cccc(C)c1NC(=O)CCc1c(C)noc1C. The average Bonchev–Trinajstić information content (AvgIpc) is 2.71. The molecule has 0 fully saturated rings. The summed E-state index contributed by atoms with van der Waals surface area (Å²) in [6.07, 6.45) is 1.08. The Morgan fingerprint density at radius 3 is 2.40 bits per heavy atom. The number of rotatable bonds is 4. The number of aromatic nitrogens is 1. The van der Waals surface area contributed by atoms with Crippen molar-refractivity contribution < 1.29 is 9.32 Å². The van der Waals surface area contributed by atoms with Gasteiger partial charge in [-0.25, -0.2) is 0 Å². The van der Waals surface area contributed by atoms with Crippen LogP contribution >= 0.6 is 0 Å². The molecule has 0 saturated carbocycles. The highest BCUT2D eigenvalue weighted by molar-refractivity contribution is 5.92. The fourth-order valence-corrected chi connectivity index (χ4v) is 2.31. The van der Waals surface area contributed by atoms with Crippen molar-refractivity contribution in [1.82, 2.24) is 5.16 Å². The second kappa shape index (κ2) is 5.90. The Kier molecular flexibility index (Phi) is 4.23. The van der Waals surface area contributed by atoms with Crippen molar-refractivity contribution in [1.29, 1.82) is 0 Å². The van der Waals surface area contributed by atoms with Gasteiger partial charge < -0.3 is 9.84 Å². The second-order valence-electron chi connectivity index (χ2n) is 5.12. The standard InChI is InChI=1S/C16H20N2O2/c1-10-6-5-7-11(2)16(10)17-15(19)9-8-14-12(3)18-20-13(14)4/h5-7H,8-9H2,1-4H3,(H,17,19). The first-order valence-electron chi connectivity index (χ1n) is 6.77. The van der Waals surface area contributed by atoms with Gasteiger partial charge in [-0.15, -0.1) is 0 Å². The lowest BCUT2D eigenvalue weighted by molar-refractivity contribution is -0.116. The highest BCUT2D eigenvalue weighted by atomic mass is 16.5. The average molecular weight is 272 g/mol. The summed E-state index contributed by atoms with van der Waals surface area (Å²) in [6.45, 7) is 7.77. The van der Waals surface area contributed by atoms with Gasteiger partial charge in [-0.2, -0.15) is 0 Å². The van der Waals surface area contributed by atoms with E-state index in [1.807, 2.05) is 45.9 Å². The third-order valence-corrected chi connectivity index (χ3v) is 3.53. The molecule has 0 spiro atoms. The molecule has 106 valence electrons. The van der Waals surface area contributed by atoms with Crippen LogP contribution in [0.15, 0.2) is 22.7 Å². The Bertz CT molecular complexity index is 590. The Morgan fingerprint density at radius 1 is 1.20 bits per heavy atom. The molecule has 4 nitrogen and oxygen atoms in total. The molecule has 0 aliphatic heterocycles. The van der Waals surface area contributed by atoms with Crippen molar-refractivity contribution in [3.63, 3.8) is 0 Å². The summed E-state index contributed by atoms with van der Waals surface area (Å²) in [5, 5.41) is 6.89. The van der Waals surface area contributed by atoms with E-state index in [0.29, 0.717) is 12.8 Å². The van der Waals surface area contributed by atoms with Crippen molar-refractivity contribution in [2.75, 3.05) is 5.32 Å². The summed E-state index contributed by atoms with van der Waals surface area (Å²) in [4.78, 5) is 12.1. The molecule has 2 aromatic rings. The van der Waals surface area contributed by atoms with Crippen LogP contribution in [0.4, 0.5) is 5.69 Å². The summed E-state index contributed by atoms with van der Waals surface area (Å²) in [7, 11) is 0. The maximum atomic E-state index is 12.1. The highest BCUT2D eigenvalue weighted by Crippen LogP contribution is 2.20. The fourth-order valence-electron chi connectivity index (χ4n) is 2.31. The quantitative estimate of drug-likeness (QED) is 0.927. The van der Waals surface area contributed by atoms with Crippen LogP contribution in [0.5, 0.6) is 0 Å². The Morgan fingerprint density at radius 2 is 1.85 bits per heavy atom. The van der Waals surface area contributed by atoms with E-state index in [1.165, 1.54) is 0 Å². The van der Waals surface area contributed by atoms with Crippen LogP contribution in [-0.4, -0.2) is 11.1 Å². The Labute approximate surface area is 119 Å². The first-order chi connectivity index (χ1) is 9.49. The zero-order chi connectivity index (χ0) is 14.7. The van der Waals surface area contributed by atoms with Crippen LogP contribution in [0.1, 0.15) is 34.6 Å². The van der Waals surface area contributed by atoms with Gasteiger partial charge in [-0.05, 0) is 45.2 Å². The summed E-state index contributed by atoms with van der Waals surface area (Å²) in [5.41, 5.74) is 4.96. The van der Waals surface area contributed by atoms with Crippen LogP contribution < -0.4 is 5.32 Å². The number of hydrogen-bond acceptors (Lipinski definition) is 3. The molecular formula is C16H20N2O2. The number of anilines is 1. The monoisotopic (exact) mass is 272 g/mol. The molecule has 0 aliphatic rings. The number of para-hydroxylation sites is 1. The molecule has 0 bridgehead atoms. The lowest BCUT2D eigenvalue weighted by Gasteiger charge is -2.11. The van der Waals surface area contributed by atoms with Crippen LogP contribution in [0.3, 0.4) is 0 Å². The number of nitrogens with zero attached hydrogens (tertiary/aromatic N) is 1. The number of carbonyl (C=O) groups is 1. The molecule has 0 aliphatic carbocycles. The lowest BCUT2D eigenvalue weighted by atomic mass is 10.1. The van der Waals surface area contributed by atoms with Crippen molar-refractivity contribution in [3.8, 4) is 0 Å². The largest absolute Gasteiger partial charge is 0.361 e. The lowest BCUT2D eigenvalue weighted by Crippen LogP contribution is -2.14. The summed E-state index contributed by atoms with van der Waals surface area (Å²) in [6, 6.07) is 5.98. The maximum absolute atomic E-state index is 12.1. The molecule has 0 saturated heterocycles. The van der Waals surface area contributed by atoms with Crippen LogP contribution in [0, 0.1) is 27.7 Å². The van der Waals surface area contributed by atoms with Gasteiger partial charge in [0.05, 0.1) is 5.69 Å². The molecule has 0 unspecified atom stereocenters. The van der Waals surface area contributed by atoms with Gasteiger partial charge in [-0.3, -0.25) is 4.79 Å². The molecule has 2 rings (SSSR count). The van der Waals surface area contributed by atoms with Crippen LogP contribution in [-0.2, 0) is 11.2 Å². The van der Waals surface area contributed by atoms with E-state index in [-0.39, 0.29) is 5.91 Å². The van der Waals surface area contributed by atoms with E-state index in [1.54, 1.807) is 0 Å². The predicted octanol–water partition coefficient (Wildman–Crippen LogP) is 3.48. The maximum Gasteiger partial charge on any atom is 0.224 e. The second-order valence-corrected chi connectivity index (χ2v) is 5.12. The number of hydrogen-bond donors (Lipinski definition) is 1. The first kappa shape index (κ1) is 14.3. The molecule has 0 radical (unpaired) electrons. The Hall–Kier alpha value is -2.10. The van der Waals surface area contributed by atoms with Gasteiger partial charge in [0.2, 0.25) is 5.91 Å². The molecule has 1 aromatic heterocycles. The molecule has 1 amide bonds. The van der Waals surface area contributed by atoms with Gasteiger partial charge in [0.15, 0.2) is 0 Å². The minimum absolute atomic E-state index is 0.0161. The van der Waals surface area contributed by atoms with E-state index >= 15 is 0 Å². The van der Waals surface area contributed by atoms with Crippen molar-refractivity contribution in [3.05, 3.63) is 46.3 Å². The molecule has 4 heteroatoms. The van der Waals surface area contributed by atoms with Crippen molar-refractivity contribution in [2.45, 2.75) is 40.5 Å². The molecule has 0 atom stereocenters. The topological polar surface area (TPSA) is 55.1 Å². The van der Waals surface area contributed by atoms with E-state index in [0.717, 1.165) is 33.8 Å². The smallest absolute Gasteiger partial charge is 0.224 e. The normalized spacial score (nSPS) is 10.6. The van der Waals surface area contributed by atoms with E-state index < -0.39 is 0 Å². The van der Waals surface area contributed by atoms with Gasteiger partial charge >= 0.3 is 0 Å². The number of carbonyl (C=O) groups excluding carboxylic acids is 1. The number of benzene rings is 1. The van der Waals surface area contributed by atoms with Gasteiger partial charge in [0.25, 0.3) is 0 Å². The van der Waals surface area contributed by atoms with E-state index in [9.17, 15) is 4.79 Å². The van der Waals surface area contributed by atoms with Crippen molar-refractivity contribution in [2.24, 2.45) is 0 Å². The zero-order valence-corrected chi connectivity index (χ0v) is 12.4. The molecule has 1 N–H and O–H groups in total. The summed E-state index contributed by atoms with van der Waals surface area (Å²) < 4.78 is 5.10. The van der Waals surface area contributed by atoms with Crippen LogP contribution in [0.25, 0.3) is 0 Å². The highest BCUT2D eigenvalue weighted by Gasteiger charge is 2.12. The first-order valence-corrected chi connectivity index (χ1v) is 6.77. The minimum atomic E-state index is 0.0161. The predicted molar refractivity (Wildman–Crippen MR) is 78.8 cm³/mol. The molecular weight excluding hydrogens is 252 g/mol. The number of amides is 1. The van der Waals surface area contributed by atoms with Gasteiger partial charge in [0.1, 0.15) is 5.76 Å². The Balaban J connectivity index is 2.00. The fraction of sp³-hybridized carbons (Fsp3) is 0.375. The van der Waals surface area contributed by atoms with Crippen LogP contribution in [0.2, 0.25) is 0 Å². The molecule has 20 heavy (non-hydrogen) atoms. The van der Waals surface area contributed by atoms with Gasteiger partial charge in [-0.1, -0.05) is 23.4 Å². The van der Waals surface area contributed by atoms with Gasteiger partial charge in [0, 0.05) is 17.7 Å². The van der Waals surface area contributed by atoms with E-state index in [2.05, 4.69) is 10.5 Å². The molecule has 1 heterocycles. The van der Waals surface area contributed by atoms with E-state index in [4.69, 9.17) is 4.52 Å². The third kappa shape index (κ3) is 3.07. The number of aryl methyl sites for hydroxylation is 4.